The molecule has 22 heavy (non-hydrogen) atoms. The zero-order valence-electron chi connectivity index (χ0n) is 12.7. The first-order chi connectivity index (χ1) is 10.7. The molecule has 122 valence electrons. The Labute approximate surface area is 135 Å². The predicted octanol–water partition coefficient (Wildman–Crippen LogP) is 1.87. The van der Waals surface area contributed by atoms with Crippen LogP contribution in [0.2, 0.25) is 5.02 Å². The Balaban J connectivity index is 1.75. The van der Waals surface area contributed by atoms with Gasteiger partial charge >= 0.3 is 0 Å². The molecule has 0 radical (unpaired) electrons. The molecule has 2 heterocycles. The zero-order chi connectivity index (χ0) is 15.4. The molecule has 0 spiro atoms. The Hall–Kier alpha value is -1.11. The van der Waals surface area contributed by atoms with E-state index in [9.17, 15) is 4.79 Å². The molecule has 1 aromatic rings. The first kappa shape index (κ1) is 15.8. The summed E-state index contributed by atoms with van der Waals surface area (Å²) in [5.41, 5.74) is 0.396. The number of hydrogen-bond donors (Lipinski definition) is 2. The van der Waals surface area contributed by atoms with E-state index in [1.807, 2.05) is 0 Å². The minimum absolute atomic E-state index is 0.133. The monoisotopic (exact) mass is 326 g/mol. The Morgan fingerprint density at radius 1 is 1.32 bits per heavy atom. The van der Waals surface area contributed by atoms with Crippen molar-refractivity contribution in [2.24, 2.45) is 0 Å². The fourth-order valence-electron chi connectivity index (χ4n) is 3.62. The van der Waals surface area contributed by atoms with Gasteiger partial charge in [-0.15, -0.1) is 0 Å². The molecule has 1 aliphatic heterocycles. The van der Waals surface area contributed by atoms with Gasteiger partial charge in [0.1, 0.15) is 5.02 Å². The van der Waals surface area contributed by atoms with Gasteiger partial charge in [0.25, 0.3) is 5.56 Å². The van der Waals surface area contributed by atoms with Gasteiger partial charge in [0.05, 0.1) is 25.1 Å². The third-order valence-corrected chi connectivity index (χ3v) is 5.24. The molecule has 1 aliphatic carbocycles. The number of anilines is 1. The second-order valence-corrected chi connectivity index (χ2v) is 6.54. The normalized spacial score (nSPS) is 22.4. The van der Waals surface area contributed by atoms with Crippen molar-refractivity contribution in [2.75, 3.05) is 38.2 Å². The van der Waals surface area contributed by atoms with Crippen molar-refractivity contribution < 1.29 is 4.74 Å². The Morgan fingerprint density at radius 2 is 2.05 bits per heavy atom. The maximum atomic E-state index is 11.6. The number of morpholine rings is 1. The highest BCUT2D eigenvalue weighted by atomic mass is 35.5. The summed E-state index contributed by atoms with van der Waals surface area (Å²) < 4.78 is 5.49. The van der Waals surface area contributed by atoms with Gasteiger partial charge in [0.15, 0.2) is 0 Å². The summed E-state index contributed by atoms with van der Waals surface area (Å²) in [7, 11) is 0. The van der Waals surface area contributed by atoms with E-state index in [1.54, 1.807) is 6.20 Å². The molecule has 6 nitrogen and oxygen atoms in total. The number of halogens is 1. The van der Waals surface area contributed by atoms with Gasteiger partial charge in [-0.1, -0.05) is 30.9 Å². The van der Waals surface area contributed by atoms with Crippen molar-refractivity contribution >= 4 is 17.3 Å². The molecule has 2 aliphatic rings. The van der Waals surface area contributed by atoms with Crippen molar-refractivity contribution in [1.82, 2.24) is 15.1 Å². The lowest BCUT2D eigenvalue weighted by Crippen LogP contribution is -2.58. The van der Waals surface area contributed by atoms with Gasteiger partial charge in [-0.3, -0.25) is 9.69 Å². The lowest BCUT2D eigenvalue weighted by atomic mass is 9.79. The second-order valence-electron chi connectivity index (χ2n) is 6.16. The number of H-pyrrole nitrogens is 1. The van der Waals surface area contributed by atoms with E-state index in [0.29, 0.717) is 5.69 Å². The van der Waals surface area contributed by atoms with E-state index >= 15 is 0 Å². The van der Waals surface area contributed by atoms with Crippen LogP contribution >= 0.6 is 11.6 Å². The van der Waals surface area contributed by atoms with Crippen molar-refractivity contribution in [3.8, 4) is 0 Å². The summed E-state index contributed by atoms with van der Waals surface area (Å²) in [5, 5.41) is 9.72. The number of nitrogens with zero attached hydrogens (tertiary/aromatic N) is 2. The molecule has 2 N–H and O–H groups in total. The first-order valence-electron chi connectivity index (χ1n) is 8.01. The lowest BCUT2D eigenvalue weighted by molar-refractivity contribution is -0.0318. The third kappa shape index (κ3) is 3.29. The quantitative estimate of drug-likeness (QED) is 0.884. The first-order valence-corrected chi connectivity index (χ1v) is 8.39. The van der Waals surface area contributed by atoms with Crippen LogP contribution in [-0.2, 0) is 4.74 Å². The number of ether oxygens (including phenoxy) is 1. The van der Waals surface area contributed by atoms with E-state index in [-0.39, 0.29) is 16.1 Å². The summed E-state index contributed by atoms with van der Waals surface area (Å²) in [6, 6.07) is 0. The largest absolute Gasteiger partial charge is 0.381 e. The summed E-state index contributed by atoms with van der Waals surface area (Å²) in [6.07, 6.45) is 7.74. The molecule has 0 atom stereocenters. The molecule has 2 fully saturated rings. The van der Waals surface area contributed by atoms with Crippen molar-refractivity contribution in [3.63, 3.8) is 0 Å². The topological polar surface area (TPSA) is 70.2 Å². The molecule has 0 unspecified atom stereocenters. The Morgan fingerprint density at radius 3 is 2.77 bits per heavy atom. The summed E-state index contributed by atoms with van der Waals surface area (Å²) in [5.74, 6) is 0. The van der Waals surface area contributed by atoms with Crippen LogP contribution in [0.4, 0.5) is 5.69 Å². The molecule has 1 saturated carbocycles. The SMILES string of the molecule is O=c1[nH]ncc(NCC2(N3CCOCC3)CCCCC2)c1Cl. The number of aromatic nitrogens is 2. The van der Waals surface area contributed by atoms with Gasteiger partial charge in [0.2, 0.25) is 0 Å². The third-order valence-electron chi connectivity index (χ3n) is 4.87. The van der Waals surface area contributed by atoms with Crippen molar-refractivity contribution in [2.45, 2.75) is 37.6 Å². The Kier molecular flexibility index (Phi) is 5.00. The number of aromatic amines is 1. The average molecular weight is 327 g/mol. The van der Waals surface area contributed by atoms with Crippen LogP contribution in [0, 0.1) is 0 Å². The van der Waals surface area contributed by atoms with E-state index in [1.165, 1.54) is 32.1 Å². The molecular formula is C15H23ClN4O2. The van der Waals surface area contributed by atoms with E-state index in [2.05, 4.69) is 20.4 Å². The fourth-order valence-corrected chi connectivity index (χ4v) is 3.78. The van der Waals surface area contributed by atoms with E-state index < -0.39 is 0 Å². The fraction of sp³-hybridized carbons (Fsp3) is 0.733. The van der Waals surface area contributed by atoms with Crippen LogP contribution in [0.5, 0.6) is 0 Å². The van der Waals surface area contributed by atoms with Crippen LogP contribution in [0.3, 0.4) is 0 Å². The van der Waals surface area contributed by atoms with Crippen LogP contribution < -0.4 is 10.9 Å². The molecular weight excluding hydrogens is 304 g/mol. The molecule has 0 aromatic carbocycles. The van der Waals surface area contributed by atoms with Crippen molar-refractivity contribution in [3.05, 3.63) is 21.6 Å². The molecule has 7 heteroatoms. The van der Waals surface area contributed by atoms with E-state index in [4.69, 9.17) is 16.3 Å². The van der Waals surface area contributed by atoms with Crippen LogP contribution in [0.25, 0.3) is 0 Å². The highest BCUT2D eigenvalue weighted by molar-refractivity contribution is 6.32. The summed E-state index contributed by atoms with van der Waals surface area (Å²) in [6.45, 7) is 4.34. The van der Waals surface area contributed by atoms with Gasteiger partial charge in [-0.25, -0.2) is 5.10 Å². The number of hydrogen-bond acceptors (Lipinski definition) is 5. The minimum atomic E-state index is -0.351. The molecule has 3 rings (SSSR count). The molecule has 0 amide bonds. The van der Waals surface area contributed by atoms with Crippen LogP contribution in [0.1, 0.15) is 32.1 Å². The van der Waals surface area contributed by atoms with E-state index in [0.717, 1.165) is 32.8 Å². The highest BCUT2D eigenvalue weighted by Gasteiger charge is 2.38. The zero-order valence-corrected chi connectivity index (χ0v) is 13.5. The molecule has 1 aromatic heterocycles. The van der Waals surface area contributed by atoms with Crippen LogP contribution in [0.15, 0.2) is 11.0 Å². The van der Waals surface area contributed by atoms with Crippen molar-refractivity contribution in [1.29, 1.82) is 0 Å². The smallest absolute Gasteiger partial charge is 0.285 e. The molecule has 1 saturated heterocycles. The Bertz CT molecular complexity index is 551. The van der Waals surface area contributed by atoms with Crippen LogP contribution in [-0.4, -0.2) is 53.5 Å². The maximum Gasteiger partial charge on any atom is 0.285 e. The average Bonchev–Trinajstić information content (AvgIpc) is 2.58. The maximum absolute atomic E-state index is 11.6. The second kappa shape index (κ2) is 6.98. The summed E-state index contributed by atoms with van der Waals surface area (Å²) in [4.78, 5) is 14.1. The van der Waals surface area contributed by atoms with Gasteiger partial charge in [-0.2, -0.15) is 5.10 Å². The summed E-state index contributed by atoms with van der Waals surface area (Å²) >= 11 is 6.06. The number of rotatable bonds is 4. The molecule has 0 bridgehead atoms. The highest BCUT2D eigenvalue weighted by Crippen LogP contribution is 2.34. The minimum Gasteiger partial charge on any atom is -0.381 e. The van der Waals surface area contributed by atoms with Gasteiger partial charge in [0, 0.05) is 25.2 Å². The predicted molar refractivity (Wildman–Crippen MR) is 86.6 cm³/mol. The van der Waals surface area contributed by atoms with Gasteiger partial charge in [-0.05, 0) is 12.8 Å². The standard InChI is InChI=1S/C15H23ClN4O2/c16-13-12(10-18-19-14(13)21)17-11-15(4-2-1-3-5-15)20-6-8-22-9-7-20/h10H,1-9,11H2,(H2,17,19,21). The van der Waals surface area contributed by atoms with Gasteiger partial charge < -0.3 is 10.1 Å². The number of nitrogens with one attached hydrogen (secondary N) is 2. The lowest BCUT2D eigenvalue weighted by Gasteiger charge is -2.48.